The van der Waals surface area contributed by atoms with E-state index in [1.165, 1.54) is 11.1 Å². The Kier molecular flexibility index (Phi) is 14.0. The van der Waals surface area contributed by atoms with Crippen molar-refractivity contribution in [3.8, 4) is 5.75 Å². The van der Waals surface area contributed by atoms with Crippen molar-refractivity contribution in [2.45, 2.75) is 96.7 Å². The van der Waals surface area contributed by atoms with Crippen LogP contribution in [0.2, 0.25) is 0 Å². The van der Waals surface area contributed by atoms with E-state index < -0.39 is 18.0 Å². The molecule has 1 unspecified atom stereocenters. The van der Waals surface area contributed by atoms with Crippen LogP contribution in [0.25, 0.3) is 6.08 Å². The lowest BCUT2D eigenvalue weighted by Crippen LogP contribution is -2.53. The van der Waals surface area contributed by atoms with Crippen LogP contribution in [0, 0.1) is 11.8 Å². The molecule has 5 atom stereocenters. The molecule has 4 rings (SSSR count). The number of hydrogen-bond acceptors (Lipinski definition) is 6. The lowest BCUT2D eigenvalue weighted by atomic mass is 9.90. The Bertz CT molecular complexity index is 1440. The number of carbonyl (C=O) groups excluding carboxylic acids is 4. The van der Waals surface area contributed by atoms with Gasteiger partial charge in [0.15, 0.2) is 0 Å². The zero-order valence-corrected chi connectivity index (χ0v) is 28.7. The Morgan fingerprint density at radius 2 is 1.79 bits per heavy atom. The quantitative estimate of drug-likeness (QED) is 0.161. The van der Waals surface area contributed by atoms with Gasteiger partial charge in [0.25, 0.3) is 0 Å². The number of benzene rings is 2. The average molecular weight is 660 g/mol. The van der Waals surface area contributed by atoms with Gasteiger partial charge in [0.05, 0.1) is 18.6 Å². The van der Waals surface area contributed by atoms with Crippen LogP contribution < -0.4 is 31.7 Å². The minimum absolute atomic E-state index is 0.0715. The van der Waals surface area contributed by atoms with Crippen molar-refractivity contribution >= 4 is 29.7 Å². The zero-order valence-electron chi connectivity index (χ0n) is 28.7. The first-order chi connectivity index (χ1) is 23.2. The number of amides is 4. The van der Waals surface area contributed by atoms with Gasteiger partial charge in [0, 0.05) is 31.4 Å². The average Bonchev–Trinajstić information content (AvgIpc) is 3.10. The SMILES string of the molecule is CCC(=O)N[C@@H](Cc1ccc2c(c1)CCC=C2)C(=O)NCC(C(=O)N[C@@H](CCCCN)C(=O)N[C@@H]1CCOc2ccccc21)[C@@H](C)CC. The molecule has 10 nitrogen and oxygen atoms in total. The van der Waals surface area contributed by atoms with Crippen molar-refractivity contribution in [1.29, 1.82) is 0 Å². The van der Waals surface area contributed by atoms with Crippen LogP contribution >= 0.6 is 0 Å². The van der Waals surface area contributed by atoms with Crippen LogP contribution in [0.1, 0.15) is 94.0 Å². The second-order valence-electron chi connectivity index (χ2n) is 13.0. The fourth-order valence-electron chi connectivity index (χ4n) is 6.33. The van der Waals surface area contributed by atoms with E-state index in [2.05, 4.69) is 45.6 Å². The minimum Gasteiger partial charge on any atom is -0.493 e. The van der Waals surface area contributed by atoms with Gasteiger partial charge in [-0.25, -0.2) is 0 Å². The van der Waals surface area contributed by atoms with Crippen molar-refractivity contribution in [2.24, 2.45) is 17.6 Å². The van der Waals surface area contributed by atoms with E-state index in [9.17, 15) is 19.2 Å². The van der Waals surface area contributed by atoms with E-state index in [1.54, 1.807) is 6.92 Å². The highest BCUT2D eigenvalue weighted by molar-refractivity contribution is 5.90. The predicted octanol–water partition coefficient (Wildman–Crippen LogP) is 4.12. The molecule has 0 saturated carbocycles. The summed E-state index contributed by atoms with van der Waals surface area (Å²) in [5.41, 5.74) is 10.0. The first-order valence-electron chi connectivity index (χ1n) is 17.6. The third-order valence-electron chi connectivity index (χ3n) is 9.52. The number of ether oxygens (including phenoxy) is 1. The summed E-state index contributed by atoms with van der Waals surface area (Å²) in [6.07, 6.45) is 9.98. The maximum absolute atomic E-state index is 13.9. The summed E-state index contributed by atoms with van der Waals surface area (Å²) in [4.78, 5) is 53.5. The van der Waals surface area contributed by atoms with E-state index in [0.717, 1.165) is 36.1 Å². The normalized spacial score (nSPS) is 17.4. The molecular formula is C38H53N5O5. The number of carbonyl (C=O) groups is 4. The first kappa shape index (κ1) is 36.7. The summed E-state index contributed by atoms with van der Waals surface area (Å²) in [6, 6.07) is 12.1. The van der Waals surface area contributed by atoms with Gasteiger partial charge in [-0.15, -0.1) is 0 Å². The van der Waals surface area contributed by atoms with Crippen LogP contribution in [0.15, 0.2) is 48.5 Å². The third-order valence-corrected chi connectivity index (χ3v) is 9.52. The summed E-state index contributed by atoms with van der Waals surface area (Å²) in [7, 11) is 0. The molecule has 1 heterocycles. The Morgan fingerprint density at radius 3 is 2.56 bits per heavy atom. The number of nitrogens with one attached hydrogen (secondary N) is 4. The molecule has 1 aliphatic heterocycles. The van der Waals surface area contributed by atoms with Crippen LogP contribution in [-0.2, 0) is 32.0 Å². The van der Waals surface area contributed by atoms with Gasteiger partial charge < -0.3 is 31.7 Å². The van der Waals surface area contributed by atoms with E-state index in [-0.39, 0.29) is 48.6 Å². The molecule has 0 bridgehead atoms. The maximum Gasteiger partial charge on any atom is 0.243 e. The van der Waals surface area contributed by atoms with Gasteiger partial charge in [-0.2, -0.15) is 0 Å². The molecule has 10 heteroatoms. The van der Waals surface area contributed by atoms with Crippen molar-refractivity contribution in [3.63, 3.8) is 0 Å². The van der Waals surface area contributed by atoms with Crippen molar-refractivity contribution < 1.29 is 23.9 Å². The molecule has 0 fully saturated rings. The fraction of sp³-hybridized carbons (Fsp3) is 0.526. The van der Waals surface area contributed by atoms with Gasteiger partial charge in [-0.3, -0.25) is 19.2 Å². The monoisotopic (exact) mass is 659 g/mol. The standard InChI is InChI=1S/C38H53N5O5/c1-4-25(3)30(24-40-37(46)33(41-35(44)5-2)23-26-17-18-27-12-6-7-13-28(27)22-26)36(45)43-32(15-10-11-20-39)38(47)42-31-19-21-48-34-16-9-8-14-29(31)34/h6,8-9,12,14,16-18,22,25,30-33H,4-5,7,10-11,13,15,19-21,23-24,39H2,1-3H3,(H,40,46)(H,41,44)(H,42,47)(H,43,45)/t25-,30?,31+,32-,33-/m0/s1. The lowest BCUT2D eigenvalue weighted by Gasteiger charge is -2.30. The molecule has 0 aromatic heterocycles. The number of fused-ring (bicyclic) bond motifs is 2. The topological polar surface area (TPSA) is 152 Å². The smallest absolute Gasteiger partial charge is 0.243 e. The van der Waals surface area contributed by atoms with E-state index >= 15 is 0 Å². The van der Waals surface area contributed by atoms with Gasteiger partial charge in [-0.05, 0) is 67.3 Å². The van der Waals surface area contributed by atoms with Gasteiger partial charge in [0.1, 0.15) is 17.8 Å². The van der Waals surface area contributed by atoms with Gasteiger partial charge >= 0.3 is 0 Å². The minimum atomic E-state index is -0.785. The van der Waals surface area contributed by atoms with Crippen LogP contribution in [-0.4, -0.2) is 55.4 Å². The molecule has 260 valence electrons. The summed E-state index contributed by atoms with van der Waals surface area (Å²) in [5.74, 6) is -0.999. The fourth-order valence-corrected chi connectivity index (χ4v) is 6.33. The Balaban J connectivity index is 1.44. The number of rotatable bonds is 17. The highest BCUT2D eigenvalue weighted by Gasteiger charge is 2.32. The Hall–Kier alpha value is -4.18. The Morgan fingerprint density at radius 1 is 0.979 bits per heavy atom. The predicted molar refractivity (Wildman–Crippen MR) is 188 cm³/mol. The largest absolute Gasteiger partial charge is 0.493 e. The molecule has 6 N–H and O–H groups in total. The summed E-state index contributed by atoms with van der Waals surface area (Å²) in [5, 5.41) is 12.0. The molecule has 0 radical (unpaired) electrons. The molecule has 2 aromatic rings. The number of allylic oxidation sites excluding steroid dienone is 1. The third kappa shape index (κ3) is 10.2. The first-order valence-corrected chi connectivity index (χ1v) is 17.6. The molecule has 0 spiro atoms. The highest BCUT2D eigenvalue weighted by atomic mass is 16.5. The van der Waals surface area contributed by atoms with Crippen LogP contribution in [0.4, 0.5) is 0 Å². The molecular weight excluding hydrogens is 606 g/mol. The van der Waals surface area contributed by atoms with Gasteiger partial charge in [-0.1, -0.05) is 75.7 Å². The molecule has 0 saturated heterocycles. The van der Waals surface area contributed by atoms with Crippen molar-refractivity contribution in [2.75, 3.05) is 19.7 Å². The maximum atomic E-state index is 13.9. The number of para-hydroxylation sites is 1. The second-order valence-corrected chi connectivity index (χ2v) is 13.0. The number of hydrogen-bond donors (Lipinski definition) is 5. The van der Waals surface area contributed by atoms with Crippen LogP contribution in [0.5, 0.6) is 5.75 Å². The van der Waals surface area contributed by atoms with E-state index in [4.69, 9.17) is 10.5 Å². The number of nitrogens with two attached hydrogens (primary N) is 1. The summed E-state index contributed by atoms with van der Waals surface area (Å²) >= 11 is 0. The summed E-state index contributed by atoms with van der Waals surface area (Å²) in [6.45, 7) is 6.78. The van der Waals surface area contributed by atoms with E-state index in [1.807, 2.05) is 44.2 Å². The highest BCUT2D eigenvalue weighted by Crippen LogP contribution is 2.31. The zero-order chi connectivity index (χ0) is 34.5. The Labute approximate surface area is 285 Å². The van der Waals surface area contributed by atoms with E-state index in [0.29, 0.717) is 45.3 Å². The molecule has 2 aromatic carbocycles. The van der Waals surface area contributed by atoms with Crippen molar-refractivity contribution in [3.05, 3.63) is 70.8 Å². The van der Waals surface area contributed by atoms with Gasteiger partial charge in [0.2, 0.25) is 23.6 Å². The summed E-state index contributed by atoms with van der Waals surface area (Å²) < 4.78 is 5.76. The van der Waals surface area contributed by atoms with Crippen molar-refractivity contribution in [1.82, 2.24) is 21.3 Å². The number of aryl methyl sites for hydroxylation is 1. The lowest BCUT2D eigenvalue weighted by molar-refractivity contribution is -0.133. The molecule has 1 aliphatic carbocycles. The number of unbranched alkanes of at least 4 members (excludes halogenated alkanes) is 1. The van der Waals surface area contributed by atoms with Crippen LogP contribution in [0.3, 0.4) is 0 Å². The molecule has 48 heavy (non-hydrogen) atoms. The molecule has 2 aliphatic rings. The second kappa shape index (κ2) is 18.4. The molecule has 4 amide bonds.